The molecule has 138 valence electrons. The van der Waals surface area contributed by atoms with Gasteiger partial charge in [0.1, 0.15) is 11.5 Å². The standard InChI is InChI=1S/C14H18FN5O3S.H2O/c1-9-8-10(5-6-11(9)15)18-14(16)13-12(19-23-20-13)4-3-7-17-24(2,21)22;/h5-6,8,17H,3-4,7H2,1-2H3,(H2,16,18);1H2. The molecule has 0 unspecified atom stereocenters. The smallest absolute Gasteiger partial charge is 0.208 e. The zero-order valence-electron chi connectivity index (χ0n) is 13.8. The monoisotopic (exact) mass is 373 g/mol. The highest BCUT2D eigenvalue weighted by Crippen LogP contribution is 2.18. The Kier molecular flexibility index (Phi) is 7.15. The van der Waals surface area contributed by atoms with Crippen molar-refractivity contribution in [3.63, 3.8) is 0 Å². The number of nitrogens with two attached hydrogens (primary N) is 1. The van der Waals surface area contributed by atoms with Crippen LogP contribution in [0.3, 0.4) is 0 Å². The van der Waals surface area contributed by atoms with E-state index in [0.29, 0.717) is 29.8 Å². The Balaban J connectivity index is 0.00000312. The Hall–Kier alpha value is -2.37. The van der Waals surface area contributed by atoms with E-state index in [1.54, 1.807) is 13.0 Å². The maximum absolute atomic E-state index is 13.3. The van der Waals surface area contributed by atoms with Crippen LogP contribution in [0, 0.1) is 12.7 Å². The van der Waals surface area contributed by atoms with Gasteiger partial charge in [-0.2, -0.15) is 0 Å². The lowest BCUT2D eigenvalue weighted by molar-refractivity contribution is 0.302. The predicted octanol–water partition coefficient (Wildman–Crippen LogP) is 0.211. The number of aromatic nitrogens is 2. The third-order valence-electron chi connectivity index (χ3n) is 3.14. The fourth-order valence-corrected chi connectivity index (χ4v) is 2.48. The van der Waals surface area contributed by atoms with Crippen molar-refractivity contribution in [2.45, 2.75) is 19.8 Å². The molecule has 2 rings (SSSR count). The van der Waals surface area contributed by atoms with Gasteiger partial charge >= 0.3 is 0 Å². The fourth-order valence-electron chi connectivity index (χ4n) is 1.97. The Morgan fingerprint density at radius 1 is 1.40 bits per heavy atom. The summed E-state index contributed by atoms with van der Waals surface area (Å²) in [5.74, 6) is -0.233. The quantitative estimate of drug-likeness (QED) is 0.401. The molecule has 0 atom stereocenters. The van der Waals surface area contributed by atoms with E-state index in [-0.39, 0.29) is 29.4 Å². The van der Waals surface area contributed by atoms with Gasteiger partial charge in [0.05, 0.1) is 11.9 Å². The number of rotatable bonds is 7. The third kappa shape index (κ3) is 6.21. The van der Waals surface area contributed by atoms with Crippen LogP contribution in [-0.2, 0) is 16.4 Å². The van der Waals surface area contributed by atoms with Crippen LogP contribution >= 0.6 is 0 Å². The lowest BCUT2D eigenvalue weighted by atomic mass is 10.2. The van der Waals surface area contributed by atoms with E-state index in [1.165, 1.54) is 12.1 Å². The molecule has 5 N–H and O–H groups in total. The van der Waals surface area contributed by atoms with Gasteiger partial charge in [0.15, 0.2) is 11.5 Å². The molecule has 25 heavy (non-hydrogen) atoms. The molecule has 1 aromatic heterocycles. The van der Waals surface area contributed by atoms with E-state index in [9.17, 15) is 12.8 Å². The molecular formula is C14H20FN5O4S. The van der Waals surface area contributed by atoms with Gasteiger partial charge in [-0.3, -0.25) is 0 Å². The summed E-state index contributed by atoms with van der Waals surface area (Å²) in [4.78, 5) is 4.19. The average molecular weight is 373 g/mol. The summed E-state index contributed by atoms with van der Waals surface area (Å²) in [5, 5.41) is 7.49. The van der Waals surface area contributed by atoms with Gasteiger partial charge < -0.3 is 11.2 Å². The van der Waals surface area contributed by atoms with Crippen LogP contribution in [0.5, 0.6) is 0 Å². The molecular weight excluding hydrogens is 353 g/mol. The molecule has 0 fully saturated rings. The zero-order chi connectivity index (χ0) is 17.7. The van der Waals surface area contributed by atoms with E-state index in [0.717, 1.165) is 6.26 Å². The van der Waals surface area contributed by atoms with E-state index in [2.05, 4.69) is 24.7 Å². The maximum Gasteiger partial charge on any atom is 0.208 e. The van der Waals surface area contributed by atoms with E-state index < -0.39 is 10.0 Å². The lowest BCUT2D eigenvalue weighted by Crippen LogP contribution is -2.23. The molecule has 1 aromatic carbocycles. The van der Waals surface area contributed by atoms with Crippen LogP contribution in [0.15, 0.2) is 27.8 Å². The molecule has 0 spiro atoms. The van der Waals surface area contributed by atoms with Gasteiger partial charge in [0.25, 0.3) is 0 Å². The molecule has 9 nitrogen and oxygen atoms in total. The molecule has 0 bridgehead atoms. The molecule has 11 heteroatoms. The minimum absolute atomic E-state index is 0. The molecule has 0 aliphatic heterocycles. The SMILES string of the molecule is Cc1cc(N=C(N)c2nonc2CCCNS(C)(=O)=O)ccc1F.O. The number of amidine groups is 1. The van der Waals surface area contributed by atoms with Crippen LogP contribution in [0.1, 0.15) is 23.4 Å². The first-order valence-electron chi connectivity index (χ1n) is 7.13. The van der Waals surface area contributed by atoms with Gasteiger partial charge in [0, 0.05) is 6.54 Å². The normalized spacial score (nSPS) is 12.0. The molecule has 0 aliphatic carbocycles. The van der Waals surface area contributed by atoms with Gasteiger partial charge in [0.2, 0.25) is 10.0 Å². The summed E-state index contributed by atoms with van der Waals surface area (Å²) in [5.41, 5.74) is 7.62. The van der Waals surface area contributed by atoms with E-state index in [4.69, 9.17) is 5.73 Å². The van der Waals surface area contributed by atoms with Crippen LogP contribution in [0.4, 0.5) is 10.1 Å². The highest BCUT2D eigenvalue weighted by atomic mass is 32.2. The van der Waals surface area contributed by atoms with Gasteiger partial charge in [-0.15, -0.1) is 0 Å². The zero-order valence-corrected chi connectivity index (χ0v) is 14.6. The largest absolute Gasteiger partial charge is 0.412 e. The molecule has 0 amide bonds. The third-order valence-corrected chi connectivity index (χ3v) is 3.87. The average Bonchev–Trinajstić information content (AvgIpc) is 2.95. The molecule has 0 aliphatic rings. The van der Waals surface area contributed by atoms with Gasteiger partial charge in [-0.25, -0.2) is 27.2 Å². The molecule has 0 saturated heterocycles. The number of nitrogens with one attached hydrogen (secondary N) is 1. The summed E-state index contributed by atoms with van der Waals surface area (Å²) in [6.07, 6.45) is 2.00. The van der Waals surface area contributed by atoms with E-state index >= 15 is 0 Å². The highest BCUT2D eigenvalue weighted by molar-refractivity contribution is 7.88. The first kappa shape index (κ1) is 20.7. The van der Waals surface area contributed by atoms with Crippen molar-refractivity contribution in [2.24, 2.45) is 10.7 Å². The topological polar surface area (TPSA) is 155 Å². The second kappa shape index (κ2) is 8.65. The number of nitrogens with zero attached hydrogens (tertiary/aromatic N) is 3. The highest BCUT2D eigenvalue weighted by Gasteiger charge is 2.14. The van der Waals surface area contributed by atoms with Crippen molar-refractivity contribution in [1.82, 2.24) is 15.0 Å². The van der Waals surface area contributed by atoms with Crippen molar-refractivity contribution < 1.29 is 22.9 Å². The maximum atomic E-state index is 13.3. The second-order valence-electron chi connectivity index (χ2n) is 5.26. The molecule has 2 aromatic rings. The summed E-state index contributed by atoms with van der Waals surface area (Å²) >= 11 is 0. The van der Waals surface area contributed by atoms with Crippen LogP contribution in [-0.4, -0.2) is 42.8 Å². The number of hydrogen-bond donors (Lipinski definition) is 2. The summed E-state index contributed by atoms with van der Waals surface area (Å²) in [6.45, 7) is 1.89. The first-order chi connectivity index (χ1) is 11.3. The summed E-state index contributed by atoms with van der Waals surface area (Å²) < 4.78 is 42.3. The Bertz CT molecular complexity index is 851. The van der Waals surface area contributed by atoms with Crippen LogP contribution in [0.2, 0.25) is 0 Å². The first-order valence-corrected chi connectivity index (χ1v) is 9.02. The minimum Gasteiger partial charge on any atom is -0.412 e. The van der Waals surface area contributed by atoms with Gasteiger partial charge in [-0.05, 0) is 48.7 Å². The number of sulfonamides is 1. The van der Waals surface area contributed by atoms with Crippen LogP contribution in [0.25, 0.3) is 0 Å². The molecule has 1 heterocycles. The van der Waals surface area contributed by atoms with Crippen molar-refractivity contribution in [1.29, 1.82) is 0 Å². The summed E-state index contributed by atoms with van der Waals surface area (Å²) in [6, 6.07) is 4.37. The number of aryl methyl sites for hydroxylation is 2. The fraction of sp³-hybridized carbons (Fsp3) is 0.357. The number of benzene rings is 1. The number of aliphatic imine (C=N–C) groups is 1. The van der Waals surface area contributed by atoms with Crippen molar-refractivity contribution in [3.8, 4) is 0 Å². The van der Waals surface area contributed by atoms with Crippen LogP contribution < -0.4 is 10.5 Å². The molecule has 0 radical (unpaired) electrons. The Labute approximate surface area is 144 Å². The number of halogens is 1. The van der Waals surface area contributed by atoms with Crippen molar-refractivity contribution >= 4 is 21.5 Å². The Morgan fingerprint density at radius 2 is 2.12 bits per heavy atom. The van der Waals surface area contributed by atoms with Gasteiger partial charge in [-0.1, -0.05) is 5.16 Å². The predicted molar refractivity (Wildman–Crippen MR) is 90.6 cm³/mol. The van der Waals surface area contributed by atoms with Crippen molar-refractivity contribution in [2.75, 3.05) is 12.8 Å². The second-order valence-corrected chi connectivity index (χ2v) is 7.09. The molecule has 0 saturated carbocycles. The Morgan fingerprint density at radius 3 is 2.76 bits per heavy atom. The lowest BCUT2D eigenvalue weighted by Gasteiger charge is -2.02. The number of hydrogen-bond acceptors (Lipinski definition) is 6. The van der Waals surface area contributed by atoms with Crippen molar-refractivity contribution in [3.05, 3.63) is 41.0 Å². The van der Waals surface area contributed by atoms with E-state index in [1.807, 2.05) is 0 Å². The minimum atomic E-state index is -3.23. The summed E-state index contributed by atoms with van der Waals surface area (Å²) in [7, 11) is -3.23.